The molecule has 0 radical (unpaired) electrons. The summed E-state index contributed by atoms with van der Waals surface area (Å²) in [7, 11) is 0. The van der Waals surface area contributed by atoms with E-state index >= 15 is 0 Å². The molecule has 0 spiro atoms. The average molecular weight is 215 g/mol. The van der Waals surface area contributed by atoms with Gasteiger partial charge in [-0.2, -0.15) is 8.78 Å². The van der Waals surface area contributed by atoms with Gasteiger partial charge in [0.15, 0.2) is 0 Å². The van der Waals surface area contributed by atoms with Crippen LogP contribution in [0.15, 0.2) is 0 Å². The molecule has 3 nitrogen and oxygen atoms in total. The smallest absolute Gasteiger partial charge is 0.383 e. The van der Waals surface area contributed by atoms with Crippen molar-refractivity contribution in [3.05, 3.63) is 0 Å². The van der Waals surface area contributed by atoms with Crippen molar-refractivity contribution in [1.82, 2.24) is 4.90 Å². The molecule has 0 saturated carbocycles. The first-order valence-corrected chi connectivity index (χ1v) is 3.99. The summed E-state index contributed by atoms with van der Waals surface area (Å²) in [5, 5.41) is 8.93. The summed E-state index contributed by atoms with van der Waals surface area (Å²) in [5.74, 6) is -6.56. The lowest BCUT2D eigenvalue weighted by Crippen LogP contribution is -2.47. The fraction of sp³-hybridized carbons (Fsp3) is 0.857. The second kappa shape index (κ2) is 3.72. The molecule has 0 aromatic rings. The summed E-state index contributed by atoms with van der Waals surface area (Å²) in [6, 6.07) is 0. The van der Waals surface area contributed by atoms with E-state index in [0.29, 0.717) is 4.90 Å². The Bertz CT molecular complexity index is 234. The molecular formula is C7H9F4NO2. The van der Waals surface area contributed by atoms with E-state index in [0.717, 1.165) is 0 Å². The standard InChI is InChI=1S/C7H9F4NO2/c8-5(9)7(10,11)6(14)12-2-1-4(13)3-12/h4-5,13H,1-3H2. The number of hydrogen-bond donors (Lipinski definition) is 1. The van der Waals surface area contributed by atoms with Crippen LogP contribution in [0, 0.1) is 0 Å². The zero-order valence-electron chi connectivity index (χ0n) is 7.09. The van der Waals surface area contributed by atoms with Crippen molar-refractivity contribution in [2.45, 2.75) is 24.9 Å². The maximum Gasteiger partial charge on any atom is 0.383 e. The second-order valence-corrected chi connectivity index (χ2v) is 3.12. The number of aliphatic hydroxyl groups is 1. The van der Waals surface area contributed by atoms with Gasteiger partial charge in [0.2, 0.25) is 0 Å². The van der Waals surface area contributed by atoms with E-state index in [1.165, 1.54) is 0 Å². The normalized spacial score (nSPS) is 23.3. The van der Waals surface area contributed by atoms with Gasteiger partial charge in [-0.3, -0.25) is 4.79 Å². The fourth-order valence-corrected chi connectivity index (χ4v) is 1.23. The number of rotatable bonds is 2. The Balaban J connectivity index is 2.65. The van der Waals surface area contributed by atoms with E-state index in [1.54, 1.807) is 0 Å². The van der Waals surface area contributed by atoms with Gasteiger partial charge in [-0.05, 0) is 6.42 Å². The number of amides is 1. The summed E-state index contributed by atoms with van der Waals surface area (Å²) in [6.45, 7) is -0.413. The van der Waals surface area contributed by atoms with Crippen LogP contribution in [0.1, 0.15) is 6.42 Å². The molecule has 0 aromatic carbocycles. The molecule has 0 aromatic heterocycles. The number of carbonyl (C=O) groups excluding carboxylic acids is 1. The first-order chi connectivity index (χ1) is 6.35. The molecule has 1 unspecified atom stereocenters. The summed E-state index contributed by atoms with van der Waals surface area (Å²) >= 11 is 0. The molecule has 0 bridgehead atoms. The third-order valence-corrected chi connectivity index (χ3v) is 2.01. The summed E-state index contributed by atoms with van der Waals surface area (Å²) in [4.78, 5) is 11.4. The van der Waals surface area contributed by atoms with Gasteiger partial charge in [0.1, 0.15) is 0 Å². The van der Waals surface area contributed by atoms with Crippen LogP contribution in [-0.4, -0.2) is 47.5 Å². The Kier molecular flexibility index (Phi) is 2.98. The maximum absolute atomic E-state index is 12.5. The van der Waals surface area contributed by atoms with Crippen molar-refractivity contribution >= 4 is 5.91 Å². The molecule has 0 aliphatic carbocycles. The van der Waals surface area contributed by atoms with Gasteiger partial charge >= 0.3 is 12.3 Å². The van der Waals surface area contributed by atoms with Crippen molar-refractivity contribution < 1.29 is 27.5 Å². The summed E-state index contributed by atoms with van der Waals surface area (Å²) in [6.07, 6.45) is -4.76. The van der Waals surface area contributed by atoms with Crippen LogP contribution >= 0.6 is 0 Å². The molecule has 1 heterocycles. The van der Waals surface area contributed by atoms with Crippen molar-refractivity contribution in [2.75, 3.05) is 13.1 Å². The molecule has 14 heavy (non-hydrogen) atoms. The number of likely N-dealkylation sites (tertiary alicyclic amines) is 1. The van der Waals surface area contributed by atoms with Gasteiger partial charge in [0, 0.05) is 13.1 Å². The van der Waals surface area contributed by atoms with Gasteiger partial charge in [-0.1, -0.05) is 0 Å². The lowest BCUT2D eigenvalue weighted by atomic mass is 10.3. The minimum absolute atomic E-state index is 0.109. The van der Waals surface area contributed by atoms with E-state index in [-0.39, 0.29) is 19.5 Å². The summed E-state index contributed by atoms with van der Waals surface area (Å²) < 4.78 is 48.5. The Morgan fingerprint density at radius 1 is 1.50 bits per heavy atom. The third-order valence-electron chi connectivity index (χ3n) is 2.01. The van der Waals surface area contributed by atoms with Gasteiger partial charge in [0.05, 0.1) is 6.10 Å². The van der Waals surface area contributed by atoms with E-state index in [4.69, 9.17) is 5.11 Å². The zero-order chi connectivity index (χ0) is 10.9. The average Bonchev–Trinajstić information content (AvgIpc) is 2.50. The Morgan fingerprint density at radius 2 is 2.07 bits per heavy atom. The number of carbonyl (C=O) groups is 1. The minimum atomic E-state index is -4.65. The molecule has 1 rings (SSSR count). The van der Waals surface area contributed by atoms with E-state index in [2.05, 4.69) is 0 Å². The van der Waals surface area contributed by atoms with E-state index < -0.39 is 24.4 Å². The quantitative estimate of drug-likeness (QED) is 0.680. The van der Waals surface area contributed by atoms with E-state index in [1.807, 2.05) is 0 Å². The number of aliphatic hydroxyl groups excluding tert-OH is 1. The molecule has 1 aliphatic heterocycles. The highest BCUT2D eigenvalue weighted by Gasteiger charge is 2.52. The highest BCUT2D eigenvalue weighted by Crippen LogP contribution is 2.27. The number of alkyl halides is 4. The maximum atomic E-state index is 12.5. The molecule has 1 atom stereocenters. The minimum Gasteiger partial charge on any atom is -0.391 e. The van der Waals surface area contributed by atoms with Crippen LogP contribution < -0.4 is 0 Å². The number of β-amino-alcohol motifs (C(OH)–C–C–N with tert-alkyl or cyclic N) is 1. The van der Waals surface area contributed by atoms with Crippen LogP contribution in [0.4, 0.5) is 17.6 Å². The topological polar surface area (TPSA) is 40.5 Å². The molecule has 1 saturated heterocycles. The summed E-state index contributed by atoms with van der Waals surface area (Å²) in [5.41, 5.74) is 0. The van der Waals surface area contributed by atoms with Crippen molar-refractivity contribution in [3.63, 3.8) is 0 Å². The predicted molar refractivity (Wildman–Crippen MR) is 38.2 cm³/mol. The first kappa shape index (κ1) is 11.2. The van der Waals surface area contributed by atoms with Gasteiger partial charge in [0.25, 0.3) is 5.91 Å². The van der Waals surface area contributed by atoms with Gasteiger partial charge in [-0.25, -0.2) is 8.78 Å². The monoisotopic (exact) mass is 215 g/mol. The first-order valence-electron chi connectivity index (χ1n) is 3.99. The fourth-order valence-electron chi connectivity index (χ4n) is 1.23. The SMILES string of the molecule is O=C(N1CCC(O)C1)C(F)(F)C(F)F. The lowest BCUT2D eigenvalue weighted by Gasteiger charge is -2.21. The van der Waals surface area contributed by atoms with Crippen LogP contribution in [-0.2, 0) is 4.79 Å². The van der Waals surface area contributed by atoms with Gasteiger partial charge < -0.3 is 10.0 Å². The van der Waals surface area contributed by atoms with Crippen molar-refractivity contribution in [1.29, 1.82) is 0 Å². The largest absolute Gasteiger partial charge is 0.391 e. The Labute approximate surface area is 77.3 Å². The number of hydrogen-bond acceptors (Lipinski definition) is 2. The molecule has 1 amide bonds. The highest BCUT2D eigenvalue weighted by molar-refractivity contribution is 5.84. The molecule has 1 fully saturated rings. The molecule has 82 valence electrons. The zero-order valence-corrected chi connectivity index (χ0v) is 7.09. The lowest BCUT2D eigenvalue weighted by molar-refractivity contribution is -0.179. The Morgan fingerprint density at radius 3 is 2.43 bits per heavy atom. The van der Waals surface area contributed by atoms with Gasteiger partial charge in [-0.15, -0.1) is 0 Å². The Hall–Kier alpha value is -0.850. The predicted octanol–water partition coefficient (Wildman–Crippen LogP) is 0.480. The van der Waals surface area contributed by atoms with Crippen molar-refractivity contribution in [3.8, 4) is 0 Å². The van der Waals surface area contributed by atoms with Crippen LogP contribution in [0.3, 0.4) is 0 Å². The van der Waals surface area contributed by atoms with Crippen LogP contribution in [0.2, 0.25) is 0 Å². The molecule has 1 aliphatic rings. The number of nitrogens with zero attached hydrogens (tertiary/aromatic N) is 1. The van der Waals surface area contributed by atoms with Crippen molar-refractivity contribution in [2.24, 2.45) is 0 Å². The second-order valence-electron chi connectivity index (χ2n) is 3.12. The van der Waals surface area contributed by atoms with Crippen LogP contribution in [0.5, 0.6) is 0 Å². The number of halogens is 4. The molecule has 7 heteroatoms. The molecule has 1 N–H and O–H groups in total. The third kappa shape index (κ3) is 1.97. The van der Waals surface area contributed by atoms with Crippen LogP contribution in [0.25, 0.3) is 0 Å². The molecular weight excluding hydrogens is 206 g/mol. The highest BCUT2D eigenvalue weighted by atomic mass is 19.3. The van der Waals surface area contributed by atoms with E-state index in [9.17, 15) is 22.4 Å².